The second-order valence-electron chi connectivity index (χ2n) is 14.8. The third-order valence-electron chi connectivity index (χ3n) is 9.31. The first-order valence-corrected chi connectivity index (χ1v) is 24.8. The van der Waals surface area contributed by atoms with Gasteiger partial charge in [-0.05, 0) is 31.6 Å². The van der Waals surface area contributed by atoms with Gasteiger partial charge in [-0.15, -0.1) is 0 Å². The number of imide groups is 1. The highest BCUT2D eigenvalue weighted by Gasteiger charge is 2.26. The molecule has 24 nitrogen and oxygen atoms in total. The Morgan fingerprint density at radius 2 is 1.13 bits per heavy atom. The van der Waals surface area contributed by atoms with Crippen LogP contribution in [0.3, 0.4) is 0 Å². The average Bonchev–Trinajstić information content (AvgIpc) is 3.54. The van der Waals surface area contributed by atoms with Crippen LogP contribution in [0.4, 0.5) is 5.69 Å². The number of ether oxygens (including phenoxy) is 11. The molecule has 0 unspecified atom stereocenters. The Balaban J connectivity index is 1.00. The molecule has 4 amide bonds. The summed E-state index contributed by atoms with van der Waals surface area (Å²) in [5.41, 5.74) is 7.41. The van der Waals surface area contributed by atoms with Crippen molar-refractivity contribution >= 4 is 51.3 Å². The van der Waals surface area contributed by atoms with Crippen molar-refractivity contribution in [2.45, 2.75) is 31.6 Å². The normalized spacial score (nSPS) is 13.7. The van der Waals surface area contributed by atoms with E-state index in [1.807, 2.05) is 6.92 Å². The van der Waals surface area contributed by atoms with E-state index in [9.17, 15) is 27.6 Å². The zero-order chi connectivity index (χ0) is 50.5. The Morgan fingerprint density at radius 1 is 0.671 bits per heavy atom. The lowest BCUT2D eigenvalue weighted by Crippen LogP contribution is -2.41. The van der Waals surface area contributed by atoms with Gasteiger partial charge < -0.3 is 63.2 Å². The molecule has 2 heterocycles. The minimum absolute atomic E-state index is 0.00566. The van der Waals surface area contributed by atoms with E-state index in [1.165, 1.54) is 17.2 Å². The standard InChI is InChI=1S/C45H72N6O18S/c1-3-11-51(69-4-2)45(55)38-32-37-5-6-39(34-40(37)49-41(46)33-38)70(56,57)48-10-13-59-28-30-67-36-68-31-29-66-27-26-65-25-24-64-23-22-63-21-20-62-19-18-61-17-16-60-15-14-58-12-9-47-42(52)35-50-43(53)7-8-44(50)54/h5-8,32,34,48H,3-4,9-31,33,35-36H2,1-2H3,(H2,46,49)(H,47,52). The molecule has 0 aliphatic carbocycles. The van der Waals surface area contributed by atoms with Gasteiger partial charge >= 0.3 is 0 Å². The van der Waals surface area contributed by atoms with E-state index in [1.54, 1.807) is 19.1 Å². The third kappa shape index (κ3) is 26.2. The molecule has 2 aliphatic rings. The zero-order valence-electron chi connectivity index (χ0n) is 40.4. The van der Waals surface area contributed by atoms with Crippen molar-refractivity contribution in [3.8, 4) is 0 Å². The highest BCUT2D eigenvalue weighted by molar-refractivity contribution is 7.89. The predicted molar refractivity (Wildman–Crippen MR) is 252 cm³/mol. The van der Waals surface area contributed by atoms with Gasteiger partial charge in [0.2, 0.25) is 15.9 Å². The molecule has 3 rings (SSSR count). The van der Waals surface area contributed by atoms with Crippen LogP contribution in [0.2, 0.25) is 0 Å². The molecule has 0 saturated carbocycles. The molecule has 0 bridgehead atoms. The molecule has 0 aromatic heterocycles. The highest BCUT2D eigenvalue weighted by atomic mass is 32.2. The summed E-state index contributed by atoms with van der Waals surface area (Å²) in [6.45, 7) is 12.0. The first-order chi connectivity index (χ1) is 34.1. The average molecular weight is 1020 g/mol. The number of hydrogen-bond donors (Lipinski definition) is 3. The lowest BCUT2D eigenvalue weighted by Gasteiger charge is -2.21. The van der Waals surface area contributed by atoms with E-state index >= 15 is 0 Å². The number of rotatable bonds is 44. The molecule has 0 radical (unpaired) electrons. The maximum absolute atomic E-state index is 13.1. The minimum atomic E-state index is -3.87. The van der Waals surface area contributed by atoms with Gasteiger partial charge in [0.1, 0.15) is 19.2 Å². The number of nitrogens with one attached hydrogen (secondary N) is 2. The molecule has 1 aromatic carbocycles. The van der Waals surface area contributed by atoms with Crippen LogP contribution in [0.1, 0.15) is 32.3 Å². The Labute approximate surface area is 410 Å². The molecule has 2 aliphatic heterocycles. The summed E-state index contributed by atoms with van der Waals surface area (Å²) >= 11 is 0. The molecule has 70 heavy (non-hydrogen) atoms. The van der Waals surface area contributed by atoms with Crippen molar-refractivity contribution < 1.29 is 84.5 Å². The molecule has 4 N–H and O–H groups in total. The maximum atomic E-state index is 13.1. The molecule has 1 aromatic rings. The van der Waals surface area contributed by atoms with Gasteiger partial charge in [0.05, 0.1) is 149 Å². The lowest BCUT2D eigenvalue weighted by atomic mass is 10.1. The summed E-state index contributed by atoms with van der Waals surface area (Å²) < 4.78 is 88.3. The fourth-order valence-corrected chi connectivity index (χ4v) is 6.99. The number of amides is 4. The van der Waals surface area contributed by atoms with Crippen LogP contribution >= 0.6 is 0 Å². The summed E-state index contributed by atoms with van der Waals surface area (Å²) in [6.07, 6.45) is 4.74. The topological polar surface area (TPSA) is 282 Å². The van der Waals surface area contributed by atoms with E-state index in [2.05, 4.69) is 15.0 Å². The number of amidine groups is 1. The summed E-state index contributed by atoms with van der Waals surface area (Å²) in [5, 5.41) is 3.89. The summed E-state index contributed by atoms with van der Waals surface area (Å²) in [5.74, 6) is -1.57. The van der Waals surface area contributed by atoms with Crippen molar-refractivity contribution in [2.75, 3.05) is 172 Å². The summed E-state index contributed by atoms with van der Waals surface area (Å²) in [4.78, 5) is 58.6. The van der Waals surface area contributed by atoms with Gasteiger partial charge in [0.25, 0.3) is 17.7 Å². The van der Waals surface area contributed by atoms with Crippen LogP contribution in [-0.4, -0.2) is 220 Å². The number of carbonyl (C=O) groups excluding carboxylic acids is 4. The molecular weight excluding hydrogens is 945 g/mol. The smallest absolute Gasteiger partial charge is 0.273 e. The number of hydrogen-bond acceptors (Lipinski definition) is 20. The van der Waals surface area contributed by atoms with Crippen molar-refractivity contribution in [2.24, 2.45) is 10.7 Å². The van der Waals surface area contributed by atoms with E-state index in [4.69, 9.17) is 62.7 Å². The molecular formula is C45H72N6O18S. The van der Waals surface area contributed by atoms with Gasteiger partial charge in [-0.1, -0.05) is 13.0 Å². The second-order valence-corrected chi connectivity index (χ2v) is 16.6. The molecule has 0 spiro atoms. The van der Waals surface area contributed by atoms with Crippen LogP contribution in [0.15, 0.2) is 45.8 Å². The number of fused-ring (bicyclic) bond motifs is 1. The number of hydroxylamine groups is 2. The Hall–Kier alpha value is -4.32. The zero-order valence-corrected chi connectivity index (χ0v) is 41.3. The Bertz CT molecular complexity index is 1860. The monoisotopic (exact) mass is 1020 g/mol. The number of nitrogens with two attached hydrogens (primary N) is 1. The van der Waals surface area contributed by atoms with Crippen LogP contribution in [0.25, 0.3) is 6.08 Å². The molecule has 25 heteroatoms. The van der Waals surface area contributed by atoms with Crippen LogP contribution in [-0.2, 0) is 86.1 Å². The lowest BCUT2D eigenvalue weighted by molar-refractivity contribution is -0.180. The van der Waals surface area contributed by atoms with Gasteiger partial charge in [-0.25, -0.2) is 23.2 Å². The first kappa shape index (κ1) is 60.0. The minimum Gasteiger partial charge on any atom is -0.387 e. The number of aliphatic imine (C=N–C) groups is 1. The Morgan fingerprint density at radius 3 is 1.60 bits per heavy atom. The van der Waals surface area contributed by atoms with Crippen LogP contribution < -0.4 is 15.8 Å². The van der Waals surface area contributed by atoms with Gasteiger partial charge in [0, 0.05) is 49.3 Å². The van der Waals surface area contributed by atoms with E-state index in [0.29, 0.717) is 142 Å². The number of benzene rings is 1. The van der Waals surface area contributed by atoms with Gasteiger partial charge in [-0.2, -0.15) is 0 Å². The highest BCUT2D eigenvalue weighted by Crippen LogP contribution is 2.30. The van der Waals surface area contributed by atoms with Gasteiger partial charge in [-0.3, -0.25) is 28.9 Å². The predicted octanol–water partition coefficient (Wildman–Crippen LogP) is 0.112. The second kappa shape index (κ2) is 37.5. The summed E-state index contributed by atoms with van der Waals surface area (Å²) in [7, 11) is -3.87. The van der Waals surface area contributed by atoms with Crippen molar-refractivity contribution in [3.63, 3.8) is 0 Å². The largest absolute Gasteiger partial charge is 0.387 e. The van der Waals surface area contributed by atoms with Crippen molar-refractivity contribution in [3.05, 3.63) is 41.5 Å². The van der Waals surface area contributed by atoms with E-state index in [0.717, 1.165) is 17.1 Å². The van der Waals surface area contributed by atoms with Crippen molar-refractivity contribution in [1.82, 2.24) is 20.0 Å². The first-order valence-electron chi connectivity index (χ1n) is 23.3. The third-order valence-corrected chi connectivity index (χ3v) is 10.8. The van der Waals surface area contributed by atoms with E-state index < -0.39 is 27.7 Å². The fourth-order valence-electron chi connectivity index (χ4n) is 5.96. The van der Waals surface area contributed by atoms with Crippen LogP contribution in [0, 0.1) is 0 Å². The maximum Gasteiger partial charge on any atom is 0.273 e. The Kier molecular flexibility index (Phi) is 32.1. The quantitative estimate of drug-likeness (QED) is 0.0339. The molecule has 0 saturated heterocycles. The SMILES string of the molecule is CCCN(OCC)C(=O)C1=Cc2ccc(S(=O)(=O)NCCOCCOCOCCOCCOCCOCCOCCOCCOCCOCCOCCNC(=O)CN3C(=O)C=CC3=O)cc2N=C(N)C1. The molecule has 0 atom stereocenters. The van der Waals surface area contributed by atoms with Gasteiger partial charge in [0.15, 0.2) is 0 Å². The molecule has 0 fully saturated rings. The van der Waals surface area contributed by atoms with Crippen molar-refractivity contribution in [1.29, 1.82) is 0 Å². The van der Waals surface area contributed by atoms with Crippen LogP contribution in [0.5, 0.6) is 0 Å². The summed E-state index contributed by atoms with van der Waals surface area (Å²) in [6, 6.07) is 4.46. The number of sulfonamides is 1. The number of carbonyl (C=O) groups is 4. The van der Waals surface area contributed by atoms with E-state index in [-0.39, 0.29) is 75.9 Å². The fraction of sp³-hybridized carbons (Fsp3) is 0.667. The molecule has 396 valence electrons. The number of nitrogens with zero attached hydrogens (tertiary/aromatic N) is 3.